The van der Waals surface area contributed by atoms with Crippen molar-refractivity contribution in [3.05, 3.63) is 108 Å². The number of hydrogen-bond acceptors (Lipinski definition) is 9. The molecule has 0 fully saturated rings. The van der Waals surface area contributed by atoms with Gasteiger partial charge in [-0.3, -0.25) is 23.7 Å². The van der Waals surface area contributed by atoms with E-state index in [4.69, 9.17) is 4.42 Å². The summed E-state index contributed by atoms with van der Waals surface area (Å²) in [4.78, 5) is 71.6. The lowest BCUT2D eigenvalue weighted by Gasteiger charge is -2.15. The molecular formula is C28H22N8O7. The van der Waals surface area contributed by atoms with Gasteiger partial charge < -0.3 is 20.0 Å². The van der Waals surface area contributed by atoms with E-state index in [1.54, 1.807) is 31.3 Å². The molecule has 0 saturated heterocycles. The van der Waals surface area contributed by atoms with Crippen molar-refractivity contribution in [2.45, 2.75) is 25.4 Å². The van der Waals surface area contributed by atoms with Crippen LogP contribution in [0.1, 0.15) is 50.1 Å². The molecule has 1 aliphatic carbocycles. The number of nitrogens with zero attached hydrogens (tertiary/aromatic N) is 4. The van der Waals surface area contributed by atoms with E-state index in [-0.39, 0.29) is 29.6 Å². The Balaban J connectivity index is 1.13. The van der Waals surface area contributed by atoms with Gasteiger partial charge in [0.05, 0.1) is 11.6 Å². The number of H-pyrrole nitrogens is 2. The van der Waals surface area contributed by atoms with Gasteiger partial charge in [-0.15, -0.1) is 0 Å². The van der Waals surface area contributed by atoms with Crippen molar-refractivity contribution in [1.29, 1.82) is 0 Å². The fraction of sp³-hybridized carbons (Fsp3) is 0.179. The minimum absolute atomic E-state index is 0.0542. The number of carbonyl (C=O) groups excluding carboxylic acids is 2. The molecule has 0 radical (unpaired) electrons. The molecule has 7 rings (SSSR count). The molecule has 2 amide bonds. The Morgan fingerprint density at radius 1 is 1.09 bits per heavy atom. The summed E-state index contributed by atoms with van der Waals surface area (Å²) in [6.07, 6.45) is 2.60. The number of fused-ring (bicyclic) bond motifs is 3. The Hall–Kier alpha value is -5.99. The van der Waals surface area contributed by atoms with E-state index in [0.717, 1.165) is 15.5 Å². The third-order valence-electron chi connectivity index (χ3n) is 7.52. The van der Waals surface area contributed by atoms with Gasteiger partial charge in [0.25, 0.3) is 11.8 Å². The van der Waals surface area contributed by atoms with Crippen LogP contribution in [0, 0.1) is 0 Å². The molecule has 0 bridgehead atoms. The van der Waals surface area contributed by atoms with Crippen LogP contribution in [0.5, 0.6) is 0 Å². The molecule has 0 saturated carbocycles. The summed E-state index contributed by atoms with van der Waals surface area (Å²) in [7, 11) is 1.59. The topological polar surface area (TPSA) is 202 Å². The first-order chi connectivity index (χ1) is 20.7. The second-order valence-electron chi connectivity index (χ2n) is 10.1. The quantitative estimate of drug-likeness (QED) is 0.222. The van der Waals surface area contributed by atoms with E-state index < -0.39 is 29.0 Å². The second-order valence-corrected chi connectivity index (χ2v) is 10.1. The monoisotopic (exact) mass is 582 g/mol. The van der Waals surface area contributed by atoms with Crippen molar-refractivity contribution in [2.24, 2.45) is 7.05 Å². The van der Waals surface area contributed by atoms with Gasteiger partial charge in [0, 0.05) is 25.4 Å². The number of aryl methyl sites for hydroxylation is 2. The van der Waals surface area contributed by atoms with Gasteiger partial charge in [-0.05, 0) is 53.8 Å². The molecule has 2 aromatic carbocycles. The summed E-state index contributed by atoms with van der Waals surface area (Å²) >= 11 is 0. The van der Waals surface area contributed by atoms with Crippen LogP contribution in [-0.4, -0.2) is 40.9 Å². The van der Waals surface area contributed by atoms with Crippen LogP contribution in [0.25, 0.3) is 28.1 Å². The van der Waals surface area contributed by atoms with Gasteiger partial charge >= 0.3 is 17.2 Å². The lowest BCUT2D eigenvalue weighted by atomic mass is 10.0. The van der Waals surface area contributed by atoms with Gasteiger partial charge in [0.1, 0.15) is 11.4 Å². The molecule has 0 aliphatic heterocycles. The van der Waals surface area contributed by atoms with Crippen molar-refractivity contribution >= 4 is 28.6 Å². The number of hydrogen-bond donors (Lipinski definition) is 4. The highest BCUT2D eigenvalue weighted by molar-refractivity contribution is 5.98. The minimum atomic E-state index is -0.652. The molecule has 4 N–H and O–H groups in total. The Kier molecular flexibility index (Phi) is 5.93. The number of oxazole rings is 1. The van der Waals surface area contributed by atoms with Gasteiger partial charge in [-0.1, -0.05) is 23.4 Å². The third-order valence-corrected chi connectivity index (χ3v) is 7.52. The summed E-state index contributed by atoms with van der Waals surface area (Å²) in [6, 6.07) is 11.5. The van der Waals surface area contributed by atoms with Gasteiger partial charge in [-0.25, -0.2) is 23.8 Å². The first kappa shape index (κ1) is 25.9. The van der Waals surface area contributed by atoms with Crippen LogP contribution in [-0.2, 0) is 20.0 Å². The molecule has 6 aromatic rings. The average Bonchev–Trinajstić information content (AvgIpc) is 3.78. The predicted molar refractivity (Wildman–Crippen MR) is 150 cm³/mol. The van der Waals surface area contributed by atoms with E-state index in [1.807, 2.05) is 12.1 Å². The smallest absolute Gasteiger partial charge is 0.408 e. The normalized spacial score (nSPS) is 14.3. The second kappa shape index (κ2) is 9.83. The largest absolute Gasteiger partial charge is 0.439 e. The zero-order valence-electron chi connectivity index (χ0n) is 22.5. The van der Waals surface area contributed by atoms with Crippen molar-refractivity contribution in [3.63, 3.8) is 0 Å². The van der Waals surface area contributed by atoms with Crippen LogP contribution in [0.4, 0.5) is 0 Å². The Morgan fingerprint density at radius 2 is 1.95 bits per heavy atom. The van der Waals surface area contributed by atoms with E-state index in [9.17, 15) is 24.0 Å². The average molecular weight is 583 g/mol. The van der Waals surface area contributed by atoms with Crippen LogP contribution < -0.4 is 27.8 Å². The first-order valence-electron chi connectivity index (χ1n) is 13.2. The number of amides is 2. The van der Waals surface area contributed by atoms with Crippen molar-refractivity contribution in [3.8, 4) is 11.4 Å². The maximum atomic E-state index is 13.5. The molecule has 0 spiro atoms. The van der Waals surface area contributed by atoms with Crippen LogP contribution in [0.15, 0.2) is 72.0 Å². The fourth-order valence-electron chi connectivity index (χ4n) is 5.36. The Bertz CT molecular complexity index is 2260. The molecule has 15 heteroatoms. The minimum Gasteiger partial charge on any atom is -0.408 e. The number of aromatic amines is 2. The van der Waals surface area contributed by atoms with E-state index in [2.05, 4.69) is 35.3 Å². The molecule has 1 aliphatic rings. The molecule has 43 heavy (non-hydrogen) atoms. The molecule has 15 nitrogen and oxygen atoms in total. The Morgan fingerprint density at radius 3 is 2.77 bits per heavy atom. The van der Waals surface area contributed by atoms with E-state index in [1.165, 1.54) is 16.8 Å². The van der Waals surface area contributed by atoms with Crippen LogP contribution >= 0.6 is 0 Å². The highest BCUT2D eigenvalue weighted by Crippen LogP contribution is 2.33. The number of carbonyl (C=O) groups is 2. The lowest BCUT2D eigenvalue weighted by Crippen LogP contribution is -2.32. The zero-order valence-corrected chi connectivity index (χ0v) is 22.5. The third kappa shape index (κ3) is 4.52. The summed E-state index contributed by atoms with van der Waals surface area (Å²) in [5, 5.41) is 9.46. The molecule has 1 atom stereocenters. The number of rotatable bonds is 6. The molecular weight excluding hydrogens is 560 g/mol. The summed E-state index contributed by atoms with van der Waals surface area (Å²) < 4.78 is 12.2. The van der Waals surface area contributed by atoms with Crippen LogP contribution in [0.2, 0.25) is 0 Å². The van der Waals surface area contributed by atoms with Gasteiger partial charge in [-0.2, -0.15) is 0 Å². The highest BCUT2D eigenvalue weighted by Gasteiger charge is 2.27. The fourth-order valence-corrected chi connectivity index (χ4v) is 5.36. The first-order valence-corrected chi connectivity index (χ1v) is 13.2. The van der Waals surface area contributed by atoms with E-state index >= 15 is 0 Å². The number of nitrogens with one attached hydrogen (secondary N) is 4. The number of aromatic nitrogens is 6. The molecule has 4 heterocycles. The maximum Gasteiger partial charge on any atom is 0.439 e. The summed E-state index contributed by atoms with van der Waals surface area (Å²) in [5.41, 5.74) is 3.69. The van der Waals surface area contributed by atoms with Crippen molar-refractivity contribution in [2.75, 3.05) is 0 Å². The maximum absolute atomic E-state index is 13.5. The summed E-state index contributed by atoms with van der Waals surface area (Å²) in [6.45, 7) is 0.117. The molecule has 4 aromatic heterocycles. The molecule has 0 unspecified atom stereocenters. The Labute approximate surface area is 239 Å². The van der Waals surface area contributed by atoms with Crippen molar-refractivity contribution in [1.82, 2.24) is 39.7 Å². The number of imidazole rings is 1. The molecule has 216 valence electrons. The standard InChI is InChI=1S/C28H22N8O7/c1-35-19-8-13(2-7-21(19)42-28(35)41)11-29-24(37)18-10-20(36-22(31-18)12-30-26(36)39)25(38)32-17-6-4-14-9-15(3-5-16(14)17)23-33-27(40)43-34-23/h2-3,5,7-10,12,17H,4,6,11H2,1H3,(H,29,37)(H,30,39)(H,32,38)(H,33,34,40)/t17-/m0/s1. The predicted octanol–water partition coefficient (Wildman–Crippen LogP) is 1.16. The van der Waals surface area contributed by atoms with E-state index in [0.29, 0.717) is 40.9 Å². The highest BCUT2D eigenvalue weighted by atomic mass is 16.5. The zero-order chi connectivity index (χ0) is 29.8. The lowest BCUT2D eigenvalue weighted by molar-refractivity contribution is 0.0929. The summed E-state index contributed by atoms with van der Waals surface area (Å²) in [5.74, 6) is -1.95. The van der Waals surface area contributed by atoms with Crippen molar-refractivity contribution < 1.29 is 18.5 Å². The van der Waals surface area contributed by atoms with Gasteiger partial charge in [0.15, 0.2) is 17.1 Å². The number of benzene rings is 2. The SMILES string of the molecule is Cn1c(=O)oc2ccc(CNC(=O)c3cc(C(=O)N[C@H]4CCc5cc(-c6noc(=O)[nH]6)ccc54)n4c(=O)[nH]cc4n3)cc21. The van der Waals surface area contributed by atoms with Gasteiger partial charge in [0.2, 0.25) is 0 Å². The van der Waals surface area contributed by atoms with Crippen LogP contribution in [0.3, 0.4) is 0 Å².